The largest absolute Gasteiger partial charge is 0.343 e. The molecule has 0 aliphatic carbocycles. The van der Waals surface area contributed by atoms with Gasteiger partial charge < -0.3 is 4.90 Å². The summed E-state index contributed by atoms with van der Waals surface area (Å²) >= 11 is 0. The Labute approximate surface area is 120 Å². The maximum absolute atomic E-state index is 12.8. The van der Waals surface area contributed by atoms with Crippen molar-refractivity contribution in [2.45, 2.75) is 31.7 Å². The van der Waals surface area contributed by atoms with Crippen LogP contribution in [0.3, 0.4) is 0 Å². The van der Waals surface area contributed by atoms with Crippen LogP contribution in [0, 0.1) is 13.8 Å². The molecule has 0 saturated carbocycles. The first-order valence-electron chi connectivity index (χ1n) is 6.59. The maximum Gasteiger partial charge on any atom is 0.244 e. The highest BCUT2D eigenvalue weighted by Crippen LogP contribution is 2.25. The third kappa shape index (κ3) is 2.45. The normalized spacial score (nSPS) is 21.3. The molecule has 1 fully saturated rings. The van der Waals surface area contributed by atoms with Crippen LogP contribution < -0.4 is 0 Å². The monoisotopic (exact) mass is 296 g/mol. The van der Waals surface area contributed by atoms with E-state index >= 15 is 0 Å². The molecule has 0 radical (unpaired) electrons. The van der Waals surface area contributed by atoms with Crippen molar-refractivity contribution in [1.82, 2.24) is 9.21 Å². The zero-order valence-corrected chi connectivity index (χ0v) is 13.1. The van der Waals surface area contributed by atoms with Gasteiger partial charge in [0.25, 0.3) is 0 Å². The molecule has 5 nitrogen and oxygen atoms in total. The summed E-state index contributed by atoms with van der Waals surface area (Å²) in [5.74, 6) is -0.162. The van der Waals surface area contributed by atoms with Crippen LogP contribution in [-0.2, 0) is 14.8 Å². The molecule has 1 aromatic rings. The molecular weight excluding hydrogens is 276 g/mol. The maximum atomic E-state index is 12.8. The Kier molecular flexibility index (Phi) is 3.88. The summed E-state index contributed by atoms with van der Waals surface area (Å²) in [5.41, 5.74) is 1.59. The Balaban J connectivity index is 2.45. The fourth-order valence-corrected chi connectivity index (χ4v) is 4.33. The predicted molar refractivity (Wildman–Crippen MR) is 76.9 cm³/mol. The van der Waals surface area contributed by atoms with E-state index in [4.69, 9.17) is 0 Å². The predicted octanol–water partition coefficient (Wildman–Crippen LogP) is 1.15. The van der Waals surface area contributed by atoms with Crippen molar-refractivity contribution in [3.63, 3.8) is 0 Å². The SMILES string of the molecule is Cc1ccc(C)c(S(=O)(=O)N2CCN(C)C(=O)C2C)c1. The number of hydrogen-bond donors (Lipinski definition) is 0. The molecule has 0 aromatic heterocycles. The Bertz CT molecular complexity index is 640. The number of benzene rings is 1. The lowest BCUT2D eigenvalue weighted by Crippen LogP contribution is -2.56. The van der Waals surface area contributed by atoms with Gasteiger partial charge in [0.05, 0.1) is 4.90 Å². The molecule has 20 heavy (non-hydrogen) atoms. The zero-order valence-electron chi connectivity index (χ0n) is 12.3. The fraction of sp³-hybridized carbons (Fsp3) is 0.500. The molecule has 1 aliphatic heterocycles. The molecule has 0 spiro atoms. The van der Waals surface area contributed by atoms with Crippen LogP contribution in [0.5, 0.6) is 0 Å². The van der Waals surface area contributed by atoms with Gasteiger partial charge >= 0.3 is 0 Å². The Morgan fingerprint density at radius 2 is 1.85 bits per heavy atom. The van der Waals surface area contributed by atoms with Gasteiger partial charge in [-0.2, -0.15) is 4.31 Å². The second kappa shape index (κ2) is 5.18. The smallest absolute Gasteiger partial charge is 0.244 e. The number of nitrogens with zero attached hydrogens (tertiary/aromatic N) is 2. The van der Waals surface area contributed by atoms with Crippen LogP contribution in [0.2, 0.25) is 0 Å². The summed E-state index contributed by atoms with van der Waals surface area (Å²) in [5, 5.41) is 0. The third-order valence-corrected chi connectivity index (χ3v) is 5.86. The summed E-state index contributed by atoms with van der Waals surface area (Å²) in [6.07, 6.45) is 0. The highest BCUT2D eigenvalue weighted by Gasteiger charge is 2.38. The van der Waals surface area contributed by atoms with Crippen molar-refractivity contribution >= 4 is 15.9 Å². The number of carbonyl (C=O) groups excluding carboxylic acids is 1. The van der Waals surface area contributed by atoms with Crippen LogP contribution in [0.1, 0.15) is 18.1 Å². The molecule has 1 saturated heterocycles. The van der Waals surface area contributed by atoms with Crippen molar-refractivity contribution in [3.05, 3.63) is 29.3 Å². The fourth-order valence-electron chi connectivity index (χ4n) is 2.43. The van der Waals surface area contributed by atoms with Gasteiger partial charge in [-0.1, -0.05) is 12.1 Å². The van der Waals surface area contributed by atoms with Crippen LogP contribution in [-0.4, -0.2) is 49.7 Å². The number of sulfonamides is 1. The lowest BCUT2D eigenvalue weighted by molar-refractivity contribution is -0.136. The van der Waals surface area contributed by atoms with Crippen LogP contribution in [0.4, 0.5) is 0 Å². The molecule has 1 unspecified atom stereocenters. The second-order valence-electron chi connectivity index (χ2n) is 5.32. The van der Waals surface area contributed by atoms with E-state index in [0.29, 0.717) is 23.5 Å². The van der Waals surface area contributed by atoms with E-state index in [1.54, 1.807) is 37.9 Å². The number of amides is 1. The van der Waals surface area contributed by atoms with Gasteiger partial charge in [-0.15, -0.1) is 0 Å². The van der Waals surface area contributed by atoms with Crippen LogP contribution in [0.25, 0.3) is 0 Å². The van der Waals surface area contributed by atoms with Crippen molar-refractivity contribution in [2.75, 3.05) is 20.1 Å². The summed E-state index contributed by atoms with van der Waals surface area (Å²) in [6, 6.07) is 4.69. The molecule has 0 bridgehead atoms. The topological polar surface area (TPSA) is 57.7 Å². The van der Waals surface area contributed by atoms with Crippen molar-refractivity contribution in [3.8, 4) is 0 Å². The first-order chi connectivity index (χ1) is 9.25. The number of carbonyl (C=O) groups is 1. The first-order valence-corrected chi connectivity index (χ1v) is 8.03. The molecule has 110 valence electrons. The summed E-state index contributed by atoms with van der Waals surface area (Å²) in [4.78, 5) is 13.8. The average molecular weight is 296 g/mol. The molecule has 0 N–H and O–H groups in total. The van der Waals surface area contributed by atoms with Gasteiger partial charge in [0, 0.05) is 20.1 Å². The van der Waals surface area contributed by atoms with Crippen molar-refractivity contribution in [2.24, 2.45) is 0 Å². The van der Waals surface area contributed by atoms with Gasteiger partial charge in [-0.05, 0) is 38.0 Å². The number of aryl methyl sites for hydroxylation is 2. The minimum absolute atomic E-state index is 0.162. The molecule has 1 atom stereocenters. The minimum atomic E-state index is -3.63. The highest BCUT2D eigenvalue weighted by molar-refractivity contribution is 7.89. The number of piperazine rings is 1. The molecule has 1 heterocycles. The quantitative estimate of drug-likeness (QED) is 0.823. The minimum Gasteiger partial charge on any atom is -0.343 e. The Morgan fingerprint density at radius 1 is 1.20 bits per heavy atom. The van der Waals surface area contributed by atoms with E-state index in [1.807, 2.05) is 13.0 Å². The van der Waals surface area contributed by atoms with E-state index in [-0.39, 0.29) is 5.91 Å². The van der Waals surface area contributed by atoms with E-state index in [1.165, 1.54) is 4.31 Å². The zero-order chi connectivity index (χ0) is 15.1. The first kappa shape index (κ1) is 15.0. The molecule has 1 aromatic carbocycles. The lowest BCUT2D eigenvalue weighted by Gasteiger charge is -2.36. The summed E-state index contributed by atoms with van der Waals surface area (Å²) in [6.45, 7) is 6.03. The molecule has 1 amide bonds. The van der Waals surface area contributed by atoms with E-state index in [2.05, 4.69) is 0 Å². The molecule has 2 rings (SSSR count). The highest BCUT2D eigenvalue weighted by atomic mass is 32.2. The molecule has 6 heteroatoms. The Hall–Kier alpha value is -1.40. The van der Waals surface area contributed by atoms with Gasteiger partial charge in [0.1, 0.15) is 6.04 Å². The molecule has 1 aliphatic rings. The third-order valence-electron chi connectivity index (χ3n) is 3.75. The number of hydrogen-bond acceptors (Lipinski definition) is 3. The lowest BCUT2D eigenvalue weighted by atomic mass is 10.2. The number of likely N-dealkylation sites (N-methyl/N-ethyl adjacent to an activating group) is 1. The van der Waals surface area contributed by atoms with Crippen molar-refractivity contribution in [1.29, 1.82) is 0 Å². The van der Waals surface area contributed by atoms with Crippen molar-refractivity contribution < 1.29 is 13.2 Å². The Morgan fingerprint density at radius 3 is 2.50 bits per heavy atom. The standard InChI is InChI=1S/C14H20N2O3S/c1-10-5-6-11(2)13(9-10)20(18,19)16-8-7-15(4)14(17)12(16)3/h5-6,9,12H,7-8H2,1-4H3. The van der Waals surface area contributed by atoms with E-state index in [0.717, 1.165) is 5.56 Å². The van der Waals surface area contributed by atoms with Gasteiger partial charge in [-0.25, -0.2) is 8.42 Å². The average Bonchev–Trinajstić information content (AvgIpc) is 2.38. The van der Waals surface area contributed by atoms with Crippen LogP contribution >= 0.6 is 0 Å². The van der Waals surface area contributed by atoms with E-state index < -0.39 is 16.1 Å². The number of rotatable bonds is 2. The van der Waals surface area contributed by atoms with Crippen LogP contribution in [0.15, 0.2) is 23.1 Å². The summed E-state index contributed by atoms with van der Waals surface area (Å²) < 4.78 is 26.9. The molecular formula is C14H20N2O3S. The van der Waals surface area contributed by atoms with Gasteiger partial charge in [0.2, 0.25) is 15.9 Å². The van der Waals surface area contributed by atoms with Gasteiger partial charge in [0.15, 0.2) is 0 Å². The second-order valence-corrected chi connectivity index (χ2v) is 7.18. The summed E-state index contributed by atoms with van der Waals surface area (Å²) in [7, 11) is -1.94. The van der Waals surface area contributed by atoms with E-state index in [9.17, 15) is 13.2 Å². The van der Waals surface area contributed by atoms with Gasteiger partial charge in [-0.3, -0.25) is 4.79 Å².